The van der Waals surface area contributed by atoms with Gasteiger partial charge in [0.15, 0.2) is 0 Å². The fourth-order valence-corrected chi connectivity index (χ4v) is 2.56. The average Bonchev–Trinajstić information content (AvgIpc) is 2.44. The van der Waals surface area contributed by atoms with Crippen molar-refractivity contribution >= 4 is 32.8 Å². The highest BCUT2D eigenvalue weighted by Gasteiger charge is 2.17. The third-order valence-corrected chi connectivity index (χ3v) is 3.28. The molecule has 0 aliphatic rings. The minimum absolute atomic E-state index is 0.399. The second kappa shape index (κ2) is 4.88. The highest BCUT2D eigenvalue weighted by Crippen LogP contribution is 2.28. The molecule has 16 heavy (non-hydrogen) atoms. The number of aryl methyl sites for hydroxylation is 1. The van der Waals surface area contributed by atoms with Crippen LogP contribution in [0.4, 0.5) is 0 Å². The maximum absolute atomic E-state index is 11.8. The molecule has 4 nitrogen and oxygen atoms in total. The van der Waals surface area contributed by atoms with Crippen molar-refractivity contribution in [1.82, 2.24) is 4.72 Å². The first-order valence-electron chi connectivity index (χ1n) is 4.71. The Morgan fingerprint density at radius 1 is 1.69 bits per heavy atom. The second-order valence-electron chi connectivity index (χ2n) is 3.42. The highest BCUT2D eigenvalue weighted by atomic mass is 32.2. The van der Waals surface area contributed by atoms with Gasteiger partial charge in [0.1, 0.15) is 10.6 Å². The van der Waals surface area contributed by atoms with Crippen LogP contribution in [0.25, 0.3) is 0 Å². The maximum atomic E-state index is 11.8. The monoisotopic (exact) mass is 261 g/mol. The molecule has 0 aliphatic heterocycles. The number of carbonyl (C=O) groups excluding carboxylic acids is 1. The maximum Gasteiger partial charge on any atom is 0.276 e. The van der Waals surface area contributed by atoms with Gasteiger partial charge in [0.25, 0.3) is 5.91 Å². The summed E-state index contributed by atoms with van der Waals surface area (Å²) in [6, 6.07) is 1.80. The van der Waals surface area contributed by atoms with Crippen molar-refractivity contribution in [2.45, 2.75) is 13.8 Å². The van der Waals surface area contributed by atoms with Crippen molar-refractivity contribution in [3.63, 3.8) is 0 Å². The van der Waals surface area contributed by atoms with Gasteiger partial charge >= 0.3 is 0 Å². The zero-order valence-electron chi connectivity index (χ0n) is 9.53. The molecular formula is C10H15NO3S2. The Kier molecular flexibility index (Phi) is 3.98. The van der Waals surface area contributed by atoms with Crippen LogP contribution < -0.4 is 9.46 Å². The van der Waals surface area contributed by atoms with E-state index in [0.29, 0.717) is 17.2 Å². The first-order chi connectivity index (χ1) is 7.33. The summed E-state index contributed by atoms with van der Waals surface area (Å²) in [5, 5.41) is 0. The van der Waals surface area contributed by atoms with Gasteiger partial charge in [-0.1, -0.05) is 0 Å². The number of thiophene rings is 1. The molecule has 0 bridgehead atoms. The molecule has 90 valence electrons. The summed E-state index contributed by atoms with van der Waals surface area (Å²) in [4.78, 5) is 13.2. The van der Waals surface area contributed by atoms with Crippen LogP contribution in [0.15, 0.2) is 6.07 Å². The Bertz CT molecular complexity index is 488. The van der Waals surface area contributed by atoms with Gasteiger partial charge in [0.05, 0.1) is 6.61 Å². The van der Waals surface area contributed by atoms with Gasteiger partial charge in [0.2, 0.25) is 0 Å². The molecule has 1 aromatic rings. The van der Waals surface area contributed by atoms with Crippen LogP contribution in [0.5, 0.6) is 5.75 Å². The van der Waals surface area contributed by atoms with E-state index in [1.807, 2.05) is 13.8 Å². The van der Waals surface area contributed by atoms with Crippen molar-refractivity contribution < 1.29 is 13.7 Å². The summed E-state index contributed by atoms with van der Waals surface area (Å²) in [5.41, 5.74) is 0. The van der Waals surface area contributed by atoms with Crippen LogP contribution in [-0.4, -0.2) is 28.8 Å². The van der Waals surface area contributed by atoms with Crippen molar-refractivity contribution in [1.29, 1.82) is 0 Å². The molecule has 6 heteroatoms. The van der Waals surface area contributed by atoms with E-state index in [1.54, 1.807) is 6.07 Å². The first-order valence-corrected chi connectivity index (χ1v) is 7.66. The number of rotatable bonds is 4. The van der Waals surface area contributed by atoms with Gasteiger partial charge in [-0.3, -0.25) is 9.52 Å². The van der Waals surface area contributed by atoms with Crippen LogP contribution in [0.2, 0.25) is 0 Å². The first kappa shape index (κ1) is 13.1. The lowest BCUT2D eigenvalue weighted by Crippen LogP contribution is -2.28. The van der Waals surface area contributed by atoms with Crippen LogP contribution in [0.1, 0.15) is 21.5 Å². The Morgan fingerprint density at radius 2 is 2.31 bits per heavy atom. The third-order valence-electron chi connectivity index (χ3n) is 1.64. The average molecular weight is 261 g/mol. The van der Waals surface area contributed by atoms with Gasteiger partial charge < -0.3 is 4.74 Å². The van der Waals surface area contributed by atoms with Gasteiger partial charge in [-0.05, 0) is 25.8 Å². The minimum Gasteiger partial charge on any atom is -0.492 e. The summed E-state index contributed by atoms with van der Waals surface area (Å²) in [7, 11) is -2.54. The van der Waals surface area contributed by atoms with Crippen LogP contribution in [0, 0.1) is 6.92 Å². The number of amides is 1. The molecule has 0 saturated heterocycles. The second-order valence-corrected chi connectivity index (χ2v) is 6.89. The molecule has 1 amide bonds. The van der Waals surface area contributed by atoms with Gasteiger partial charge in [-0.25, -0.2) is 4.21 Å². The van der Waals surface area contributed by atoms with Gasteiger partial charge in [0, 0.05) is 20.8 Å². The molecule has 0 aliphatic carbocycles. The highest BCUT2D eigenvalue weighted by molar-refractivity contribution is 7.98. The Hall–Kier alpha value is -1.01. The number of hydrogen-bond donors (Lipinski definition) is 1. The zero-order valence-corrected chi connectivity index (χ0v) is 11.2. The van der Waals surface area contributed by atoms with Gasteiger partial charge in [-0.15, -0.1) is 11.3 Å². The van der Waals surface area contributed by atoms with E-state index in [4.69, 9.17) is 4.74 Å². The molecule has 1 heterocycles. The Labute approximate surface area is 99.8 Å². The standard InChI is InChI=1S/C10H15NO3S2/c1-5-14-8-6-7(2)15-9(8)10(12)11-16(3,4)13/h6H,3,5H2,1-2,4H3,(H,11,12,13). The summed E-state index contributed by atoms with van der Waals surface area (Å²) in [6.45, 7) is 4.22. The van der Waals surface area contributed by atoms with Crippen molar-refractivity contribution in [3.05, 3.63) is 15.8 Å². The van der Waals surface area contributed by atoms with E-state index < -0.39 is 15.6 Å². The van der Waals surface area contributed by atoms with Crippen LogP contribution in [0.3, 0.4) is 0 Å². The molecule has 1 unspecified atom stereocenters. The van der Waals surface area contributed by atoms with E-state index in [9.17, 15) is 9.00 Å². The molecule has 0 saturated carbocycles. The summed E-state index contributed by atoms with van der Waals surface area (Å²) in [5.74, 6) is 3.51. The smallest absolute Gasteiger partial charge is 0.276 e. The fraction of sp³-hybridized carbons (Fsp3) is 0.400. The molecule has 0 spiro atoms. The van der Waals surface area contributed by atoms with Gasteiger partial charge in [-0.2, -0.15) is 0 Å². The molecule has 0 fully saturated rings. The molecule has 1 N–H and O–H groups in total. The molecule has 0 radical (unpaired) electrons. The molecule has 0 aromatic carbocycles. The Morgan fingerprint density at radius 3 is 2.81 bits per heavy atom. The van der Waals surface area contributed by atoms with E-state index in [2.05, 4.69) is 10.6 Å². The SMILES string of the molecule is C=S(C)(=O)NC(=O)c1sc(C)cc1OCC. The topological polar surface area (TPSA) is 55.4 Å². The van der Waals surface area contributed by atoms with Crippen LogP contribution in [-0.2, 0) is 9.71 Å². The summed E-state index contributed by atoms with van der Waals surface area (Å²) in [6.07, 6.45) is 1.38. The van der Waals surface area contributed by atoms with Crippen molar-refractivity contribution in [3.8, 4) is 5.75 Å². The van der Waals surface area contributed by atoms with E-state index in [-0.39, 0.29) is 0 Å². The number of carbonyl (C=O) groups is 1. The fourth-order valence-electron chi connectivity index (χ4n) is 1.15. The summed E-state index contributed by atoms with van der Waals surface area (Å²) < 4.78 is 19.1. The predicted octanol–water partition coefficient (Wildman–Crippen LogP) is 1.45. The normalized spacial score (nSPS) is 14.2. The van der Waals surface area contributed by atoms with Crippen molar-refractivity contribution in [2.75, 3.05) is 12.9 Å². The largest absolute Gasteiger partial charge is 0.492 e. The molecule has 1 rings (SSSR count). The quantitative estimate of drug-likeness (QED) is 0.835. The van der Waals surface area contributed by atoms with E-state index in [1.165, 1.54) is 17.6 Å². The summed E-state index contributed by atoms with van der Waals surface area (Å²) >= 11 is 1.31. The minimum atomic E-state index is -2.54. The molecule has 1 atom stereocenters. The van der Waals surface area contributed by atoms with E-state index >= 15 is 0 Å². The lowest BCUT2D eigenvalue weighted by atomic mass is 10.4. The Balaban J connectivity index is 2.98. The molecule has 1 aromatic heterocycles. The third kappa shape index (κ3) is 3.53. The van der Waals surface area contributed by atoms with Crippen LogP contribution >= 0.6 is 11.3 Å². The number of nitrogens with one attached hydrogen (secondary N) is 1. The number of hydrogen-bond acceptors (Lipinski definition) is 4. The predicted molar refractivity (Wildman–Crippen MR) is 68.9 cm³/mol. The lowest BCUT2D eigenvalue weighted by molar-refractivity contribution is 0.0983. The van der Waals surface area contributed by atoms with E-state index in [0.717, 1.165) is 4.88 Å². The van der Waals surface area contributed by atoms with Crippen molar-refractivity contribution in [2.24, 2.45) is 0 Å². The number of ether oxygens (including phenoxy) is 1. The molecular weight excluding hydrogens is 246 g/mol. The lowest BCUT2D eigenvalue weighted by Gasteiger charge is -2.06. The zero-order chi connectivity index (χ0) is 12.3.